The van der Waals surface area contributed by atoms with Gasteiger partial charge < -0.3 is 4.74 Å². The lowest BCUT2D eigenvalue weighted by Crippen LogP contribution is -2.00. The summed E-state index contributed by atoms with van der Waals surface area (Å²) in [5.41, 5.74) is 4.55. The number of benzene rings is 2. The van der Waals surface area contributed by atoms with E-state index in [1.54, 1.807) is 7.11 Å². The highest BCUT2D eigenvalue weighted by molar-refractivity contribution is 9.10. The van der Waals surface area contributed by atoms with Gasteiger partial charge in [0.15, 0.2) is 0 Å². The molecule has 1 nitrogen and oxygen atoms in total. The minimum atomic E-state index is -0.205. The van der Waals surface area contributed by atoms with Crippen LogP contribution in [0.4, 0.5) is 0 Å². The van der Waals surface area contributed by atoms with Gasteiger partial charge in [-0.3, -0.25) is 0 Å². The Morgan fingerprint density at radius 3 is 2.37 bits per heavy atom. The van der Waals surface area contributed by atoms with Crippen LogP contribution in [-0.4, -0.2) is 7.11 Å². The molecule has 0 aromatic heterocycles. The highest BCUT2D eigenvalue weighted by Gasteiger charge is 2.17. The van der Waals surface area contributed by atoms with E-state index < -0.39 is 0 Å². The third-order valence-electron chi connectivity index (χ3n) is 3.17. The van der Waals surface area contributed by atoms with Crippen LogP contribution in [0.2, 0.25) is 0 Å². The molecule has 100 valence electrons. The molecule has 0 aliphatic heterocycles. The highest BCUT2D eigenvalue weighted by Crippen LogP contribution is 2.37. The normalized spacial score (nSPS) is 12.3. The number of hydrogen-bond acceptors (Lipinski definition) is 1. The molecule has 0 saturated carbocycles. The second-order valence-corrected chi connectivity index (χ2v) is 5.96. The van der Waals surface area contributed by atoms with Crippen molar-refractivity contribution in [3.63, 3.8) is 0 Å². The molecule has 19 heavy (non-hydrogen) atoms. The second kappa shape index (κ2) is 5.98. The smallest absolute Gasteiger partial charge is 0.125 e. The molecule has 2 rings (SSSR count). The second-order valence-electron chi connectivity index (χ2n) is 4.61. The monoisotopic (exact) mass is 338 g/mol. The van der Waals surface area contributed by atoms with Crippen LogP contribution in [0.5, 0.6) is 5.75 Å². The average molecular weight is 340 g/mol. The van der Waals surface area contributed by atoms with E-state index in [2.05, 4.69) is 48.0 Å². The first kappa shape index (κ1) is 14.4. The Balaban J connectivity index is 2.46. The summed E-state index contributed by atoms with van der Waals surface area (Å²) < 4.78 is 6.40. The van der Waals surface area contributed by atoms with Crippen LogP contribution in [-0.2, 0) is 0 Å². The summed E-state index contributed by atoms with van der Waals surface area (Å²) in [6.45, 7) is 4.17. The highest BCUT2D eigenvalue weighted by atomic mass is 79.9. The summed E-state index contributed by atoms with van der Waals surface area (Å²) in [5.74, 6) is 0.800. The van der Waals surface area contributed by atoms with Crippen molar-refractivity contribution in [3.8, 4) is 5.75 Å². The summed E-state index contributed by atoms with van der Waals surface area (Å²) in [6.07, 6.45) is 0. The van der Waals surface area contributed by atoms with Crippen LogP contribution in [0.25, 0.3) is 0 Å². The molecule has 0 saturated heterocycles. The van der Waals surface area contributed by atoms with Crippen LogP contribution in [0, 0.1) is 13.8 Å². The van der Waals surface area contributed by atoms with Gasteiger partial charge in [-0.15, -0.1) is 11.6 Å². The van der Waals surface area contributed by atoms with Crippen LogP contribution in [0.15, 0.2) is 40.9 Å². The van der Waals surface area contributed by atoms with Crippen molar-refractivity contribution in [2.24, 2.45) is 0 Å². The maximum absolute atomic E-state index is 6.63. The van der Waals surface area contributed by atoms with E-state index in [-0.39, 0.29) is 5.38 Å². The minimum Gasteiger partial charge on any atom is -0.496 e. The number of methoxy groups -OCH3 is 1. The molecule has 1 unspecified atom stereocenters. The lowest BCUT2D eigenvalue weighted by atomic mass is 9.98. The summed E-state index contributed by atoms with van der Waals surface area (Å²) in [7, 11) is 1.66. The third kappa shape index (κ3) is 3.13. The Morgan fingerprint density at radius 2 is 1.74 bits per heavy atom. The van der Waals surface area contributed by atoms with Crippen molar-refractivity contribution < 1.29 is 4.74 Å². The van der Waals surface area contributed by atoms with Gasteiger partial charge in [-0.1, -0.05) is 45.8 Å². The molecular weight excluding hydrogens is 324 g/mol. The maximum atomic E-state index is 6.63. The van der Waals surface area contributed by atoms with Crippen LogP contribution in [0.1, 0.15) is 27.6 Å². The zero-order chi connectivity index (χ0) is 14.0. The molecule has 0 aliphatic carbocycles. The average Bonchev–Trinajstić information content (AvgIpc) is 2.37. The molecule has 2 aromatic rings. The molecule has 0 bridgehead atoms. The molecule has 0 amide bonds. The fourth-order valence-corrected chi connectivity index (χ4v) is 2.94. The molecular formula is C16H16BrClO. The van der Waals surface area contributed by atoms with Crippen LogP contribution >= 0.6 is 27.5 Å². The standard InChI is InChI=1S/C16H16BrClO/c1-10-4-6-13(11(2)8-10)16(18)14-7-5-12(17)9-15(14)19-3/h4-9,16H,1-3H3. The van der Waals surface area contributed by atoms with Crippen molar-refractivity contribution >= 4 is 27.5 Å². The molecule has 0 heterocycles. The predicted octanol–water partition coefficient (Wildman–Crippen LogP) is 5.40. The maximum Gasteiger partial charge on any atom is 0.125 e. The fraction of sp³-hybridized carbons (Fsp3) is 0.250. The van der Waals surface area contributed by atoms with Gasteiger partial charge in [-0.05, 0) is 37.1 Å². The molecule has 1 atom stereocenters. The fourth-order valence-electron chi connectivity index (χ4n) is 2.17. The lowest BCUT2D eigenvalue weighted by molar-refractivity contribution is 0.410. The molecule has 2 aromatic carbocycles. The number of ether oxygens (including phenoxy) is 1. The van der Waals surface area contributed by atoms with Crippen molar-refractivity contribution in [2.45, 2.75) is 19.2 Å². The summed E-state index contributed by atoms with van der Waals surface area (Å²) >= 11 is 10.1. The molecule has 0 radical (unpaired) electrons. The van der Waals surface area contributed by atoms with E-state index in [1.165, 1.54) is 11.1 Å². The number of rotatable bonds is 3. The molecule has 0 fully saturated rings. The van der Waals surface area contributed by atoms with E-state index in [0.29, 0.717) is 0 Å². The van der Waals surface area contributed by atoms with Crippen molar-refractivity contribution in [1.29, 1.82) is 0 Å². The van der Waals surface area contributed by atoms with Crippen molar-refractivity contribution in [2.75, 3.05) is 7.11 Å². The van der Waals surface area contributed by atoms with Crippen molar-refractivity contribution in [3.05, 3.63) is 63.1 Å². The van der Waals surface area contributed by atoms with Gasteiger partial charge in [0, 0.05) is 10.0 Å². The molecule has 0 N–H and O–H groups in total. The zero-order valence-corrected chi connectivity index (χ0v) is 13.5. The summed E-state index contributed by atoms with van der Waals surface area (Å²) in [5, 5.41) is -0.205. The Hall–Kier alpha value is -0.990. The SMILES string of the molecule is COc1cc(Br)ccc1C(Cl)c1ccc(C)cc1C. The number of alkyl halides is 1. The van der Waals surface area contributed by atoms with Crippen LogP contribution < -0.4 is 4.74 Å². The van der Waals surface area contributed by atoms with E-state index in [0.717, 1.165) is 21.3 Å². The summed E-state index contributed by atoms with van der Waals surface area (Å²) in [4.78, 5) is 0. The van der Waals surface area contributed by atoms with Gasteiger partial charge in [0.05, 0.1) is 12.5 Å². The summed E-state index contributed by atoms with van der Waals surface area (Å²) in [6, 6.07) is 12.2. The van der Waals surface area contributed by atoms with Gasteiger partial charge in [0.25, 0.3) is 0 Å². The molecule has 0 aliphatic rings. The van der Waals surface area contributed by atoms with E-state index in [4.69, 9.17) is 16.3 Å². The Kier molecular flexibility index (Phi) is 4.54. The van der Waals surface area contributed by atoms with Crippen LogP contribution in [0.3, 0.4) is 0 Å². The van der Waals surface area contributed by atoms with Gasteiger partial charge in [0.1, 0.15) is 5.75 Å². The number of hydrogen-bond donors (Lipinski definition) is 0. The first-order valence-corrected chi connectivity index (χ1v) is 7.30. The first-order valence-electron chi connectivity index (χ1n) is 6.07. The van der Waals surface area contributed by atoms with Gasteiger partial charge >= 0.3 is 0 Å². The Bertz CT molecular complexity index is 595. The quantitative estimate of drug-likeness (QED) is 0.680. The molecule has 3 heteroatoms. The van der Waals surface area contributed by atoms with E-state index in [1.807, 2.05) is 18.2 Å². The van der Waals surface area contributed by atoms with Gasteiger partial charge in [-0.2, -0.15) is 0 Å². The number of aryl methyl sites for hydroxylation is 2. The minimum absolute atomic E-state index is 0.205. The van der Waals surface area contributed by atoms with E-state index in [9.17, 15) is 0 Å². The predicted molar refractivity (Wildman–Crippen MR) is 84.3 cm³/mol. The molecule has 0 spiro atoms. The lowest BCUT2D eigenvalue weighted by Gasteiger charge is -2.17. The largest absolute Gasteiger partial charge is 0.496 e. The first-order chi connectivity index (χ1) is 9.02. The number of halogens is 2. The van der Waals surface area contributed by atoms with Gasteiger partial charge in [0.2, 0.25) is 0 Å². The van der Waals surface area contributed by atoms with Crippen molar-refractivity contribution in [1.82, 2.24) is 0 Å². The Labute approximate surface area is 127 Å². The van der Waals surface area contributed by atoms with Gasteiger partial charge in [-0.25, -0.2) is 0 Å². The zero-order valence-electron chi connectivity index (χ0n) is 11.2. The topological polar surface area (TPSA) is 9.23 Å². The third-order valence-corrected chi connectivity index (χ3v) is 4.13. The van der Waals surface area contributed by atoms with E-state index >= 15 is 0 Å². The Morgan fingerprint density at radius 1 is 1.05 bits per heavy atom.